The third-order valence-electron chi connectivity index (χ3n) is 3.60. The average molecular weight is 213 g/mol. The third-order valence-corrected chi connectivity index (χ3v) is 3.60. The first kappa shape index (κ1) is 12.5. The quantitative estimate of drug-likeness (QED) is 0.779. The van der Waals surface area contributed by atoms with E-state index in [1.165, 1.54) is 0 Å². The van der Waals surface area contributed by atoms with Crippen molar-refractivity contribution in [2.75, 3.05) is 13.1 Å². The molecule has 2 atom stereocenters. The van der Waals surface area contributed by atoms with Gasteiger partial charge in [-0.25, -0.2) is 0 Å². The van der Waals surface area contributed by atoms with Gasteiger partial charge in [0.15, 0.2) is 0 Å². The van der Waals surface area contributed by atoms with Gasteiger partial charge in [-0.1, -0.05) is 13.8 Å². The molecule has 3 nitrogen and oxygen atoms in total. The van der Waals surface area contributed by atoms with E-state index >= 15 is 0 Å². The minimum Gasteiger partial charge on any atom is -0.481 e. The van der Waals surface area contributed by atoms with E-state index in [1.807, 2.05) is 0 Å². The van der Waals surface area contributed by atoms with Crippen LogP contribution in [0.4, 0.5) is 0 Å². The molecule has 1 N–H and O–H groups in total. The molecule has 0 aromatic heterocycles. The van der Waals surface area contributed by atoms with Gasteiger partial charge in [-0.3, -0.25) is 4.79 Å². The molecule has 1 fully saturated rings. The van der Waals surface area contributed by atoms with Crippen molar-refractivity contribution in [3.05, 3.63) is 0 Å². The van der Waals surface area contributed by atoms with Crippen LogP contribution in [-0.2, 0) is 4.79 Å². The Balaban J connectivity index is 2.57. The molecule has 0 amide bonds. The standard InChI is InChI=1S/C12H23NO2/c1-4-10(2)13-7-5-6-12(3,9-13)8-11(14)15/h10H,4-9H2,1-3H3,(H,14,15). The Morgan fingerprint density at radius 2 is 2.27 bits per heavy atom. The lowest BCUT2D eigenvalue weighted by Gasteiger charge is -2.42. The molecule has 1 aliphatic rings. The maximum atomic E-state index is 10.8. The molecule has 1 saturated heterocycles. The monoisotopic (exact) mass is 213 g/mol. The number of nitrogens with zero attached hydrogens (tertiary/aromatic N) is 1. The number of hydrogen-bond donors (Lipinski definition) is 1. The molecule has 0 aliphatic carbocycles. The number of carboxylic acids is 1. The molecule has 3 heteroatoms. The molecular formula is C12H23NO2. The molecule has 0 aromatic rings. The lowest BCUT2D eigenvalue weighted by molar-refractivity contribution is -0.140. The fraction of sp³-hybridized carbons (Fsp3) is 0.917. The van der Waals surface area contributed by atoms with Crippen LogP contribution in [0.25, 0.3) is 0 Å². The number of aliphatic carboxylic acids is 1. The van der Waals surface area contributed by atoms with Crippen LogP contribution in [0.5, 0.6) is 0 Å². The summed E-state index contributed by atoms with van der Waals surface area (Å²) in [5.74, 6) is -0.663. The van der Waals surface area contributed by atoms with Gasteiger partial charge in [0.25, 0.3) is 0 Å². The van der Waals surface area contributed by atoms with E-state index in [2.05, 4.69) is 25.7 Å². The van der Waals surface area contributed by atoms with Gasteiger partial charge in [-0.15, -0.1) is 0 Å². The molecule has 2 unspecified atom stereocenters. The Hall–Kier alpha value is -0.570. The van der Waals surface area contributed by atoms with Crippen LogP contribution >= 0.6 is 0 Å². The average Bonchev–Trinajstić information content (AvgIpc) is 2.14. The Morgan fingerprint density at radius 3 is 2.80 bits per heavy atom. The van der Waals surface area contributed by atoms with Gasteiger partial charge in [0.2, 0.25) is 0 Å². The van der Waals surface area contributed by atoms with Crippen molar-refractivity contribution in [2.45, 2.75) is 52.5 Å². The summed E-state index contributed by atoms with van der Waals surface area (Å²) in [5, 5.41) is 8.89. The van der Waals surface area contributed by atoms with E-state index in [0.29, 0.717) is 12.5 Å². The van der Waals surface area contributed by atoms with Crippen LogP contribution in [0, 0.1) is 5.41 Å². The molecule has 0 aromatic carbocycles. The van der Waals surface area contributed by atoms with Gasteiger partial charge in [0.05, 0.1) is 6.42 Å². The minimum absolute atomic E-state index is 0.0203. The Labute approximate surface area is 92.5 Å². The highest BCUT2D eigenvalue weighted by Crippen LogP contribution is 2.33. The summed E-state index contributed by atoms with van der Waals surface area (Å²) in [6.07, 6.45) is 3.63. The molecule has 88 valence electrons. The largest absolute Gasteiger partial charge is 0.481 e. The Bertz CT molecular complexity index is 230. The fourth-order valence-electron chi connectivity index (χ4n) is 2.50. The maximum absolute atomic E-state index is 10.8. The normalized spacial score (nSPS) is 30.1. The van der Waals surface area contributed by atoms with Crippen LogP contribution < -0.4 is 0 Å². The second-order valence-corrected chi connectivity index (χ2v) is 5.21. The van der Waals surface area contributed by atoms with E-state index in [9.17, 15) is 4.79 Å². The zero-order valence-corrected chi connectivity index (χ0v) is 10.1. The second kappa shape index (κ2) is 4.97. The van der Waals surface area contributed by atoms with Gasteiger partial charge in [-0.2, -0.15) is 0 Å². The van der Waals surface area contributed by atoms with Gasteiger partial charge in [-0.05, 0) is 38.1 Å². The summed E-state index contributed by atoms with van der Waals surface area (Å²) < 4.78 is 0. The van der Waals surface area contributed by atoms with E-state index in [-0.39, 0.29) is 5.41 Å². The van der Waals surface area contributed by atoms with Crippen molar-refractivity contribution in [3.63, 3.8) is 0 Å². The topological polar surface area (TPSA) is 40.5 Å². The Morgan fingerprint density at radius 1 is 1.60 bits per heavy atom. The van der Waals surface area contributed by atoms with Gasteiger partial charge in [0, 0.05) is 12.6 Å². The van der Waals surface area contributed by atoms with Crippen molar-refractivity contribution in [2.24, 2.45) is 5.41 Å². The molecule has 15 heavy (non-hydrogen) atoms. The number of carbonyl (C=O) groups is 1. The lowest BCUT2D eigenvalue weighted by atomic mass is 9.78. The predicted octanol–water partition coefficient (Wildman–Crippen LogP) is 2.36. The number of hydrogen-bond acceptors (Lipinski definition) is 2. The molecule has 1 rings (SSSR count). The molecular weight excluding hydrogens is 190 g/mol. The number of likely N-dealkylation sites (tertiary alicyclic amines) is 1. The van der Waals surface area contributed by atoms with E-state index in [1.54, 1.807) is 0 Å². The van der Waals surface area contributed by atoms with E-state index in [4.69, 9.17) is 5.11 Å². The van der Waals surface area contributed by atoms with Crippen molar-refractivity contribution >= 4 is 5.97 Å². The first-order chi connectivity index (χ1) is 6.97. The number of carboxylic acid groups (broad SMARTS) is 1. The lowest BCUT2D eigenvalue weighted by Crippen LogP contribution is -2.46. The smallest absolute Gasteiger partial charge is 0.303 e. The summed E-state index contributed by atoms with van der Waals surface area (Å²) in [6.45, 7) is 8.59. The molecule has 0 saturated carbocycles. The van der Waals surface area contributed by atoms with E-state index in [0.717, 1.165) is 32.4 Å². The summed E-state index contributed by atoms with van der Waals surface area (Å²) in [7, 11) is 0. The van der Waals surface area contributed by atoms with Gasteiger partial charge < -0.3 is 10.0 Å². The number of piperidine rings is 1. The number of rotatable bonds is 4. The summed E-state index contributed by atoms with van der Waals surface area (Å²) in [6, 6.07) is 0.582. The molecule has 0 spiro atoms. The highest BCUT2D eigenvalue weighted by molar-refractivity contribution is 5.67. The van der Waals surface area contributed by atoms with Gasteiger partial charge >= 0.3 is 5.97 Å². The summed E-state index contributed by atoms with van der Waals surface area (Å²) in [4.78, 5) is 13.2. The molecule has 1 aliphatic heterocycles. The van der Waals surface area contributed by atoms with Gasteiger partial charge in [0.1, 0.15) is 0 Å². The van der Waals surface area contributed by atoms with Crippen molar-refractivity contribution < 1.29 is 9.90 Å². The zero-order valence-electron chi connectivity index (χ0n) is 10.1. The summed E-state index contributed by atoms with van der Waals surface area (Å²) >= 11 is 0. The SMILES string of the molecule is CCC(C)N1CCCC(C)(CC(=O)O)C1. The van der Waals surface area contributed by atoms with Crippen molar-refractivity contribution in [1.82, 2.24) is 4.90 Å². The predicted molar refractivity (Wildman–Crippen MR) is 60.9 cm³/mol. The van der Waals surface area contributed by atoms with Crippen molar-refractivity contribution in [1.29, 1.82) is 0 Å². The third kappa shape index (κ3) is 3.49. The molecule has 1 heterocycles. The van der Waals surface area contributed by atoms with Crippen molar-refractivity contribution in [3.8, 4) is 0 Å². The van der Waals surface area contributed by atoms with Crippen LogP contribution in [0.15, 0.2) is 0 Å². The minimum atomic E-state index is -0.663. The van der Waals surface area contributed by atoms with Crippen LogP contribution in [0.2, 0.25) is 0 Å². The first-order valence-electron chi connectivity index (χ1n) is 5.93. The zero-order chi connectivity index (χ0) is 11.5. The molecule has 0 bridgehead atoms. The Kier molecular flexibility index (Phi) is 4.14. The van der Waals surface area contributed by atoms with E-state index < -0.39 is 5.97 Å². The molecule has 0 radical (unpaired) electrons. The fourth-order valence-corrected chi connectivity index (χ4v) is 2.50. The highest BCUT2D eigenvalue weighted by Gasteiger charge is 2.34. The second-order valence-electron chi connectivity index (χ2n) is 5.21. The maximum Gasteiger partial charge on any atom is 0.303 e. The first-order valence-corrected chi connectivity index (χ1v) is 5.93. The van der Waals surface area contributed by atoms with Crippen LogP contribution in [0.3, 0.4) is 0 Å². The highest BCUT2D eigenvalue weighted by atomic mass is 16.4. The van der Waals surface area contributed by atoms with Crippen LogP contribution in [-0.4, -0.2) is 35.1 Å². The van der Waals surface area contributed by atoms with Crippen LogP contribution in [0.1, 0.15) is 46.5 Å². The summed E-state index contributed by atoms with van der Waals surface area (Å²) in [5.41, 5.74) is -0.0203.